The summed E-state index contributed by atoms with van der Waals surface area (Å²) in [6.45, 7) is 2.75. The lowest BCUT2D eigenvalue weighted by Gasteiger charge is -2.33. The molecule has 12 heteroatoms. The Balaban J connectivity index is 1.56. The predicted molar refractivity (Wildman–Crippen MR) is 123 cm³/mol. The van der Waals surface area contributed by atoms with Gasteiger partial charge in [-0.1, -0.05) is 11.6 Å². The van der Waals surface area contributed by atoms with Gasteiger partial charge in [0.2, 0.25) is 27.7 Å². The Morgan fingerprint density at radius 3 is 2.72 bits per heavy atom. The molecule has 3 amide bonds. The topological polar surface area (TPSA) is 107 Å². The van der Waals surface area contributed by atoms with Gasteiger partial charge in [0.1, 0.15) is 6.04 Å². The molecule has 3 rings (SSSR count). The Morgan fingerprint density at radius 2 is 2.06 bits per heavy atom. The molecule has 1 aromatic heterocycles. The van der Waals surface area contributed by atoms with Crippen molar-refractivity contribution >= 4 is 56.8 Å². The quantitative estimate of drug-likeness (QED) is 0.606. The molecule has 2 fully saturated rings. The van der Waals surface area contributed by atoms with Crippen molar-refractivity contribution in [3.8, 4) is 0 Å². The molecule has 0 saturated carbocycles. The van der Waals surface area contributed by atoms with E-state index in [2.05, 4.69) is 4.72 Å². The molecule has 2 aliphatic heterocycles. The lowest BCUT2D eigenvalue weighted by molar-refractivity contribution is -0.142. The molecule has 1 aromatic rings. The fourth-order valence-corrected chi connectivity index (χ4v) is 5.89. The summed E-state index contributed by atoms with van der Waals surface area (Å²) in [6.07, 6.45) is 3.08. The first kappa shape index (κ1) is 24.7. The van der Waals surface area contributed by atoms with Crippen molar-refractivity contribution < 1.29 is 22.8 Å². The second kappa shape index (κ2) is 10.3. The summed E-state index contributed by atoms with van der Waals surface area (Å²) in [5, 5.41) is 1.02. The minimum absolute atomic E-state index is 0.0296. The molecule has 0 spiro atoms. The molecule has 0 aromatic carbocycles. The maximum absolute atomic E-state index is 12.8. The van der Waals surface area contributed by atoms with Crippen LogP contribution in [0.4, 0.5) is 0 Å². The fourth-order valence-electron chi connectivity index (χ4n) is 3.82. The van der Waals surface area contributed by atoms with Crippen molar-refractivity contribution in [3.05, 3.63) is 26.8 Å². The van der Waals surface area contributed by atoms with Crippen LogP contribution < -0.4 is 4.72 Å². The molecule has 2 saturated heterocycles. The van der Waals surface area contributed by atoms with E-state index in [1.807, 2.05) is 0 Å². The zero-order chi connectivity index (χ0) is 23.5. The van der Waals surface area contributed by atoms with Gasteiger partial charge < -0.3 is 14.7 Å². The molecule has 1 N–H and O–H groups in total. The maximum Gasteiger partial charge on any atom is 0.242 e. The van der Waals surface area contributed by atoms with Crippen molar-refractivity contribution in [1.29, 1.82) is 0 Å². The number of nitrogens with one attached hydrogen (secondary N) is 1. The van der Waals surface area contributed by atoms with Gasteiger partial charge in [-0.25, -0.2) is 8.42 Å². The molecule has 3 heterocycles. The average Bonchev–Trinajstić information content (AvgIpc) is 3.38. The average molecular weight is 503 g/mol. The number of piperidine rings is 1. The van der Waals surface area contributed by atoms with Gasteiger partial charge in [0.15, 0.2) is 0 Å². The smallest absolute Gasteiger partial charge is 0.242 e. The van der Waals surface area contributed by atoms with Crippen molar-refractivity contribution in [1.82, 2.24) is 19.4 Å². The molecule has 2 atom stereocenters. The molecule has 0 radical (unpaired) electrons. The number of hydrogen-bond acceptors (Lipinski definition) is 6. The summed E-state index contributed by atoms with van der Waals surface area (Å²) < 4.78 is 27.8. The highest BCUT2D eigenvalue weighted by Gasteiger charge is 2.35. The number of halogens is 1. The van der Waals surface area contributed by atoms with E-state index < -0.39 is 22.0 Å². The van der Waals surface area contributed by atoms with Gasteiger partial charge in [0, 0.05) is 43.9 Å². The minimum Gasteiger partial charge on any atom is -0.341 e. The Bertz CT molecular complexity index is 1010. The number of rotatable bonds is 7. The van der Waals surface area contributed by atoms with Crippen molar-refractivity contribution in [2.45, 2.75) is 38.3 Å². The number of likely N-dealkylation sites (N-methyl/N-ethyl adjacent to an activating group) is 1. The van der Waals surface area contributed by atoms with Crippen LogP contribution in [0.2, 0.25) is 4.34 Å². The lowest BCUT2D eigenvalue weighted by atomic mass is 10.1. The Morgan fingerprint density at radius 1 is 1.31 bits per heavy atom. The monoisotopic (exact) mass is 502 g/mol. The maximum atomic E-state index is 12.8. The molecule has 0 bridgehead atoms. The van der Waals surface area contributed by atoms with Crippen LogP contribution in [0.1, 0.15) is 31.1 Å². The van der Waals surface area contributed by atoms with Crippen LogP contribution in [0.5, 0.6) is 0 Å². The molecule has 9 nitrogen and oxygen atoms in total. The highest BCUT2D eigenvalue weighted by molar-refractivity contribution is 7.92. The third kappa shape index (κ3) is 6.31. The van der Waals surface area contributed by atoms with E-state index in [1.54, 1.807) is 29.0 Å². The van der Waals surface area contributed by atoms with E-state index in [0.29, 0.717) is 48.1 Å². The summed E-state index contributed by atoms with van der Waals surface area (Å²) in [7, 11) is -2.13. The van der Waals surface area contributed by atoms with Crippen molar-refractivity contribution in [2.75, 3.05) is 33.2 Å². The summed E-state index contributed by atoms with van der Waals surface area (Å²) in [5.74, 6) is -0.657. The molecule has 2 aliphatic rings. The van der Waals surface area contributed by atoms with E-state index in [0.717, 1.165) is 5.41 Å². The Labute approximate surface area is 197 Å². The van der Waals surface area contributed by atoms with Gasteiger partial charge in [-0.15, -0.1) is 11.3 Å². The highest BCUT2D eigenvalue weighted by atomic mass is 35.5. The SMILES string of the molecule is CC(=O)N(C)C1CCN(C(=O)CN2CCC[C@H](NS(=O)(=O)/C=C/c3ccc(Cl)s3)C2=O)C1. The number of thiophene rings is 1. The summed E-state index contributed by atoms with van der Waals surface area (Å²) in [4.78, 5) is 42.5. The molecule has 176 valence electrons. The number of likely N-dealkylation sites (tertiary alicyclic amines) is 2. The first-order chi connectivity index (χ1) is 15.1. The van der Waals surface area contributed by atoms with Gasteiger partial charge in [0.05, 0.1) is 16.9 Å². The van der Waals surface area contributed by atoms with Crippen molar-refractivity contribution in [3.63, 3.8) is 0 Å². The number of sulfonamides is 1. The van der Waals surface area contributed by atoms with E-state index in [-0.39, 0.29) is 24.4 Å². The van der Waals surface area contributed by atoms with Crippen LogP contribution in [0.15, 0.2) is 17.5 Å². The largest absolute Gasteiger partial charge is 0.341 e. The first-order valence-corrected chi connectivity index (χ1v) is 13.1. The number of hydrogen-bond donors (Lipinski definition) is 1. The predicted octanol–water partition coefficient (Wildman–Crippen LogP) is 1.36. The normalized spacial score (nSPS) is 22.0. The number of carbonyl (C=O) groups is 3. The van der Waals surface area contributed by atoms with Gasteiger partial charge in [-0.3, -0.25) is 14.4 Å². The lowest BCUT2D eigenvalue weighted by Crippen LogP contribution is -2.54. The van der Waals surface area contributed by atoms with E-state index in [4.69, 9.17) is 11.6 Å². The number of amides is 3. The van der Waals surface area contributed by atoms with E-state index >= 15 is 0 Å². The molecule has 1 unspecified atom stereocenters. The van der Waals surface area contributed by atoms with Crippen LogP contribution in [-0.4, -0.2) is 86.1 Å². The second-order valence-corrected chi connectivity index (χ2v) is 11.3. The molecule has 0 aliphatic carbocycles. The van der Waals surface area contributed by atoms with Crippen LogP contribution in [-0.2, 0) is 24.4 Å². The third-order valence-electron chi connectivity index (χ3n) is 5.73. The number of carbonyl (C=O) groups excluding carboxylic acids is 3. The summed E-state index contributed by atoms with van der Waals surface area (Å²) in [6, 6.07) is 2.44. The minimum atomic E-state index is -3.84. The fraction of sp³-hybridized carbons (Fsp3) is 0.550. The summed E-state index contributed by atoms with van der Waals surface area (Å²) in [5.41, 5.74) is 0. The first-order valence-electron chi connectivity index (χ1n) is 10.3. The van der Waals surface area contributed by atoms with Gasteiger partial charge in [-0.2, -0.15) is 4.72 Å². The Kier molecular flexibility index (Phi) is 7.97. The van der Waals surface area contributed by atoms with E-state index in [1.165, 1.54) is 29.2 Å². The molecule has 32 heavy (non-hydrogen) atoms. The Hall–Kier alpha value is -1.95. The molecular formula is C20H27ClN4O5S2. The second-order valence-electron chi connectivity index (χ2n) is 7.97. The highest BCUT2D eigenvalue weighted by Crippen LogP contribution is 2.23. The summed E-state index contributed by atoms with van der Waals surface area (Å²) >= 11 is 7.09. The van der Waals surface area contributed by atoms with Gasteiger partial charge >= 0.3 is 0 Å². The van der Waals surface area contributed by atoms with E-state index in [9.17, 15) is 22.8 Å². The van der Waals surface area contributed by atoms with Gasteiger partial charge in [-0.05, 0) is 37.5 Å². The van der Waals surface area contributed by atoms with Crippen molar-refractivity contribution in [2.24, 2.45) is 0 Å². The van der Waals surface area contributed by atoms with Gasteiger partial charge in [0.25, 0.3) is 0 Å². The zero-order valence-electron chi connectivity index (χ0n) is 18.0. The molecular weight excluding hydrogens is 476 g/mol. The van der Waals surface area contributed by atoms with Crippen LogP contribution in [0.25, 0.3) is 6.08 Å². The third-order valence-corrected chi connectivity index (χ3v) is 8.03. The van der Waals surface area contributed by atoms with Crippen LogP contribution >= 0.6 is 22.9 Å². The number of nitrogens with zero attached hydrogens (tertiary/aromatic N) is 3. The van der Waals surface area contributed by atoms with Crippen LogP contribution in [0.3, 0.4) is 0 Å². The van der Waals surface area contributed by atoms with Crippen LogP contribution in [0, 0.1) is 0 Å². The zero-order valence-corrected chi connectivity index (χ0v) is 20.4. The standard InChI is InChI=1S/C20H27ClN4O5S2/c1-14(26)23(2)15-7-10-24(12-15)19(27)13-25-9-3-4-17(20(25)28)22-32(29,30)11-8-16-5-6-18(21)31-16/h5-6,8,11,15,17,22H,3-4,7,9-10,12-13H2,1-2H3/b11-8+/t15?,17-/m0/s1.